The van der Waals surface area contributed by atoms with E-state index in [4.69, 9.17) is 5.73 Å². The topological polar surface area (TPSA) is 26.0 Å². The zero-order valence-electron chi connectivity index (χ0n) is 10.7. The monoisotopic (exact) mass is 319 g/mol. The fourth-order valence-corrected chi connectivity index (χ4v) is 2.25. The second kappa shape index (κ2) is 3.80. The number of hydrogen-bond donors (Lipinski definition) is 1. The highest BCUT2D eigenvalue weighted by atomic mass is 19.4. The summed E-state index contributed by atoms with van der Waals surface area (Å²) >= 11 is 0. The van der Waals surface area contributed by atoms with Crippen molar-refractivity contribution in [3.63, 3.8) is 0 Å². The Labute approximate surface area is 113 Å². The molecule has 118 valence electrons. The molecule has 0 bridgehead atoms. The maximum Gasteiger partial charge on any atom is 0.383 e. The number of nitrogen functional groups attached to an aromatic ring is 1. The average Bonchev–Trinajstić information content (AvgIpc) is 2.32. The van der Waals surface area contributed by atoms with Crippen LogP contribution in [0.5, 0.6) is 0 Å². The number of hydrogen-bond acceptors (Lipinski definition) is 1. The molecule has 0 aromatic heterocycles. The maximum absolute atomic E-state index is 13.7. The van der Waals surface area contributed by atoms with Crippen LogP contribution in [-0.4, -0.2) is 11.8 Å². The molecule has 2 N–H and O–H groups in total. The minimum absolute atomic E-state index is 0.0808. The number of anilines is 1. The summed E-state index contributed by atoms with van der Waals surface area (Å²) < 4.78 is 108. The van der Waals surface area contributed by atoms with Gasteiger partial charge in [-0.1, -0.05) is 0 Å². The first-order valence-electron chi connectivity index (χ1n) is 5.63. The van der Waals surface area contributed by atoms with Crippen molar-refractivity contribution in [2.75, 3.05) is 5.73 Å². The van der Waals surface area contributed by atoms with E-state index in [2.05, 4.69) is 0 Å². The van der Waals surface area contributed by atoms with E-state index in [0.717, 1.165) is 6.92 Å². The number of rotatable bonds is 0. The SMILES string of the molecule is Cc1cc2c(c(N)c1C)C(F)(F)C(F)(F)C(F)(F)C2(F)F. The van der Waals surface area contributed by atoms with Crippen LogP contribution in [0.2, 0.25) is 0 Å². The van der Waals surface area contributed by atoms with Gasteiger partial charge >= 0.3 is 23.7 Å². The Hall–Kier alpha value is -1.54. The Bertz CT molecular complexity index is 620. The quantitative estimate of drug-likeness (QED) is 0.558. The molecule has 9 heteroatoms. The van der Waals surface area contributed by atoms with Crippen molar-refractivity contribution < 1.29 is 35.1 Å². The van der Waals surface area contributed by atoms with Gasteiger partial charge in [0.05, 0.1) is 5.56 Å². The van der Waals surface area contributed by atoms with Gasteiger partial charge in [0, 0.05) is 11.3 Å². The van der Waals surface area contributed by atoms with Crippen molar-refractivity contribution in [1.29, 1.82) is 0 Å². The van der Waals surface area contributed by atoms with Crippen molar-refractivity contribution in [3.8, 4) is 0 Å². The normalized spacial score (nSPS) is 24.5. The number of benzene rings is 1. The molecule has 0 fully saturated rings. The Morgan fingerprint density at radius 3 is 1.71 bits per heavy atom. The first-order valence-corrected chi connectivity index (χ1v) is 5.63. The Morgan fingerprint density at radius 1 is 0.810 bits per heavy atom. The third-order valence-corrected chi connectivity index (χ3v) is 3.73. The molecule has 1 aromatic carbocycles. The molecule has 1 aliphatic carbocycles. The summed E-state index contributed by atoms with van der Waals surface area (Å²) in [5.41, 5.74) is 0.144. The van der Waals surface area contributed by atoms with Crippen molar-refractivity contribution in [3.05, 3.63) is 28.3 Å². The van der Waals surface area contributed by atoms with Crippen molar-refractivity contribution in [2.24, 2.45) is 0 Å². The summed E-state index contributed by atoms with van der Waals surface area (Å²) in [6.07, 6.45) is 0. The average molecular weight is 319 g/mol. The Kier molecular flexibility index (Phi) is 2.87. The maximum atomic E-state index is 13.7. The van der Waals surface area contributed by atoms with E-state index >= 15 is 0 Å². The largest absolute Gasteiger partial charge is 0.398 e. The fraction of sp³-hybridized carbons (Fsp3) is 0.500. The molecule has 0 radical (unpaired) electrons. The van der Waals surface area contributed by atoms with E-state index in [1.54, 1.807) is 0 Å². The molecule has 0 saturated heterocycles. The molecule has 0 atom stereocenters. The van der Waals surface area contributed by atoms with Gasteiger partial charge in [0.25, 0.3) is 0 Å². The van der Waals surface area contributed by atoms with Crippen LogP contribution in [-0.2, 0) is 11.8 Å². The molecule has 2 rings (SSSR count). The lowest BCUT2D eigenvalue weighted by atomic mass is 9.77. The standard InChI is InChI=1S/C12H9F8N/c1-4-3-6-7(8(21)5(4)2)10(15,16)12(19,20)11(17,18)9(6,13)14/h3H,21H2,1-2H3. The van der Waals surface area contributed by atoms with Crippen LogP contribution in [0, 0.1) is 13.8 Å². The summed E-state index contributed by atoms with van der Waals surface area (Å²) in [4.78, 5) is 0. The van der Waals surface area contributed by atoms with Crippen LogP contribution in [0.25, 0.3) is 0 Å². The van der Waals surface area contributed by atoms with Gasteiger partial charge in [0.15, 0.2) is 0 Å². The molecule has 21 heavy (non-hydrogen) atoms. The van der Waals surface area contributed by atoms with E-state index in [1.807, 2.05) is 0 Å². The number of halogens is 8. The van der Waals surface area contributed by atoms with Gasteiger partial charge in [0.2, 0.25) is 0 Å². The van der Waals surface area contributed by atoms with Crippen LogP contribution in [0.1, 0.15) is 22.3 Å². The second-order valence-electron chi connectivity index (χ2n) is 4.95. The summed E-state index contributed by atoms with van der Waals surface area (Å²) in [6, 6.07) is 0.345. The second-order valence-corrected chi connectivity index (χ2v) is 4.95. The molecule has 0 saturated carbocycles. The smallest absolute Gasteiger partial charge is 0.383 e. The van der Waals surface area contributed by atoms with Gasteiger partial charge in [-0.25, -0.2) is 0 Å². The molecule has 1 nitrogen and oxygen atoms in total. The Balaban J connectivity index is 3.02. The van der Waals surface area contributed by atoms with Gasteiger partial charge in [0.1, 0.15) is 0 Å². The van der Waals surface area contributed by atoms with Crippen LogP contribution < -0.4 is 5.73 Å². The van der Waals surface area contributed by atoms with E-state index in [9.17, 15) is 35.1 Å². The number of nitrogens with two attached hydrogens (primary N) is 1. The lowest BCUT2D eigenvalue weighted by molar-refractivity contribution is -0.386. The molecule has 1 aliphatic rings. The van der Waals surface area contributed by atoms with E-state index in [1.165, 1.54) is 6.92 Å². The fourth-order valence-electron chi connectivity index (χ4n) is 2.25. The third-order valence-electron chi connectivity index (χ3n) is 3.73. The Morgan fingerprint density at radius 2 is 1.24 bits per heavy atom. The van der Waals surface area contributed by atoms with Gasteiger partial charge in [-0.2, -0.15) is 35.1 Å². The predicted molar refractivity (Wildman–Crippen MR) is 58.0 cm³/mol. The predicted octanol–water partition coefficient (Wildman–Crippen LogP) is 4.35. The zero-order chi connectivity index (χ0) is 16.6. The highest BCUT2D eigenvalue weighted by molar-refractivity contribution is 5.64. The van der Waals surface area contributed by atoms with Gasteiger partial charge in [-0.15, -0.1) is 0 Å². The number of alkyl halides is 8. The first-order chi connectivity index (χ1) is 9.21. The van der Waals surface area contributed by atoms with Crippen molar-refractivity contribution in [2.45, 2.75) is 37.5 Å². The van der Waals surface area contributed by atoms with Crippen LogP contribution in [0.3, 0.4) is 0 Å². The highest BCUT2D eigenvalue weighted by Gasteiger charge is 2.85. The molecule has 0 spiro atoms. The minimum atomic E-state index is -6.27. The van der Waals surface area contributed by atoms with Crippen LogP contribution >= 0.6 is 0 Å². The molecule has 0 aliphatic heterocycles. The van der Waals surface area contributed by atoms with E-state index < -0.39 is 40.5 Å². The first kappa shape index (κ1) is 15.8. The summed E-state index contributed by atoms with van der Waals surface area (Å²) in [5, 5.41) is 0. The summed E-state index contributed by atoms with van der Waals surface area (Å²) in [6.45, 7) is 2.31. The zero-order valence-corrected chi connectivity index (χ0v) is 10.7. The van der Waals surface area contributed by atoms with Gasteiger partial charge < -0.3 is 5.73 Å². The lowest BCUT2D eigenvalue weighted by Crippen LogP contribution is -2.64. The molecule has 0 unspecified atom stereocenters. The van der Waals surface area contributed by atoms with Crippen molar-refractivity contribution in [1.82, 2.24) is 0 Å². The number of fused-ring (bicyclic) bond motifs is 1. The highest BCUT2D eigenvalue weighted by Crippen LogP contribution is 2.65. The lowest BCUT2D eigenvalue weighted by Gasteiger charge is -2.43. The van der Waals surface area contributed by atoms with Crippen LogP contribution in [0.4, 0.5) is 40.8 Å². The third kappa shape index (κ3) is 1.51. The molecular formula is C12H9F8N. The molecule has 1 aromatic rings. The molecular weight excluding hydrogens is 310 g/mol. The number of aryl methyl sites for hydroxylation is 1. The van der Waals surface area contributed by atoms with Gasteiger partial charge in [-0.3, -0.25) is 0 Å². The minimum Gasteiger partial charge on any atom is -0.398 e. The summed E-state index contributed by atoms with van der Waals surface area (Å²) in [5.74, 6) is -23.5. The molecule has 0 heterocycles. The summed E-state index contributed by atoms with van der Waals surface area (Å²) in [7, 11) is 0. The van der Waals surface area contributed by atoms with E-state index in [0.29, 0.717) is 6.07 Å². The van der Waals surface area contributed by atoms with Crippen LogP contribution in [0.15, 0.2) is 6.07 Å². The molecule has 0 amide bonds. The van der Waals surface area contributed by atoms with Gasteiger partial charge in [-0.05, 0) is 31.0 Å². The van der Waals surface area contributed by atoms with E-state index in [-0.39, 0.29) is 11.1 Å². The van der Waals surface area contributed by atoms with Crippen molar-refractivity contribution >= 4 is 5.69 Å².